The predicted molar refractivity (Wildman–Crippen MR) is 118 cm³/mol. The van der Waals surface area contributed by atoms with E-state index in [1.165, 1.54) is 12.1 Å². The van der Waals surface area contributed by atoms with Crippen LogP contribution in [0.3, 0.4) is 0 Å². The maximum absolute atomic E-state index is 10.9. The summed E-state index contributed by atoms with van der Waals surface area (Å²) in [5.41, 5.74) is 3.62. The Morgan fingerprint density at radius 2 is 1.60 bits per heavy atom. The molecule has 0 saturated carbocycles. The highest BCUT2D eigenvalue weighted by Gasteiger charge is 2.23. The smallest absolute Gasteiger partial charge is 0.339 e. The molecule has 2 N–H and O–H groups in total. The van der Waals surface area contributed by atoms with Gasteiger partial charge in [0.2, 0.25) is 0 Å². The molecule has 4 aromatic rings. The zero-order chi connectivity index (χ0) is 20.9. The van der Waals surface area contributed by atoms with Gasteiger partial charge in [0.05, 0.1) is 4.92 Å². The van der Waals surface area contributed by atoms with Crippen molar-refractivity contribution in [3.05, 3.63) is 106 Å². The van der Waals surface area contributed by atoms with Gasteiger partial charge in [-0.1, -0.05) is 59.9 Å². The van der Waals surface area contributed by atoms with Crippen molar-refractivity contribution in [1.29, 1.82) is 0 Å². The van der Waals surface area contributed by atoms with Gasteiger partial charge in [-0.15, -0.1) is 0 Å². The number of hydrogen-bond acceptors (Lipinski definition) is 5. The van der Waals surface area contributed by atoms with E-state index in [4.69, 9.17) is 0 Å². The van der Waals surface area contributed by atoms with E-state index in [0.717, 1.165) is 22.1 Å². The Balaban J connectivity index is 1.67. The molecule has 30 heavy (non-hydrogen) atoms. The fraction of sp³-hybridized carbons (Fsp3) is 0.0870. The van der Waals surface area contributed by atoms with Crippen molar-refractivity contribution in [3.8, 4) is 11.3 Å². The van der Waals surface area contributed by atoms with Crippen LogP contribution in [0.4, 0.5) is 16.5 Å². The van der Waals surface area contributed by atoms with Crippen molar-refractivity contribution in [2.45, 2.75) is 12.6 Å². The number of aliphatic hydroxyl groups excluding tert-OH is 1. The summed E-state index contributed by atoms with van der Waals surface area (Å²) in [5.74, 6) is 0. The lowest BCUT2D eigenvalue weighted by atomic mass is 10.1. The van der Waals surface area contributed by atoms with E-state index in [1.807, 2.05) is 65.2 Å². The Labute approximate surface area is 177 Å². The first-order chi connectivity index (χ1) is 14.6. The maximum atomic E-state index is 10.9. The molecule has 0 spiro atoms. The van der Waals surface area contributed by atoms with E-state index in [-0.39, 0.29) is 5.69 Å². The molecular weight excluding hydrogens is 398 g/mol. The van der Waals surface area contributed by atoms with E-state index in [9.17, 15) is 15.2 Å². The van der Waals surface area contributed by atoms with Crippen LogP contribution in [-0.4, -0.2) is 10.0 Å². The van der Waals surface area contributed by atoms with Crippen LogP contribution >= 0.6 is 11.3 Å². The second-order valence-electron chi connectivity index (χ2n) is 6.76. The zero-order valence-corrected chi connectivity index (χ0v) is 16.8. The number of aromatic nitrogens is 1. The summed E-state index contributed by atoms with van der Waals surface area (Å²) in [4.78, 5) is 10.4. The number of nitro benzene ring substituents is 1. The lowest BCUT2D eigenvalue weighted by Crippen LogP contribution is -2.39. The molecule has 150 valence electrons. The standard InChI is InChI=1S/C23H19N3O3S/c27-22(18-11-13-20(14-12-18)26(28)29)15-25-21(17-7-3-1-4-8-17)16-30-23(25)24-19-9-5-2-6-10-19/h1-14,16,22,27H,15H2/p+1/t22-/m1/s1. The highest BCUT2D eigenvalue weighted by Crippen LogP contribution is 2.27. The minimum absolute atomic E-state index is 0.00513. The van der Waals surface area contributed by atoms with Crippen molar-refractivity contribution in [2.24, 2.45) is 0 Å². The maximum Gasteiger partial charge on any atom is 0.339 e. The monoisotopic (exact) mass is 418 g/mol. The van der Waals surface area contributed by atoms with Crippen molar-refractivity contribution in [3.63, 3.8) is 0 Å². The molecule has 1 aromatic heterocycles. The number of nitro groups is 1. The molecule has 0 saturated heterocycles. The summed E-state index contributed by atoms with van der Waals surface area (Å²) in [5, 5.41) is 28.1. The largest absolute Gasteiger partial charge is 0.384 e. The van der Waals surface area contributed by atoms with E-state index in [1.54, 1.807) is 23.5 Å². The summed E-state index contributed by atoms with van der Waals surface area (Å²) in [6.45, 7) is 0.306. The molecule has 0 fully saturated rings. The number of anilines is 2. The van der Waals surface area contributed by atoms with Gasteiger partial charge in [0.25, 0.3) is 5.69 Å². The minimum Gasteiger partial charge on any atom is -0.384 e. The zero-order valence-electron chi connectivity index (χ0n) is 16.0. The normalized spacial score (nSPS) is 11.8. The Morgan fingerprint density at radius 3 is 2.23 bits per heavy atom. The SMILES string of the molecule is O=[N+]([O-])c1ccc([C@H](O)C[n+]2c(-c3ccccc3)csc2Nc2ccccc2)cc1. The van der Waals surface area contributed by atoms with Crippen LogP contribution < -0.4 is 9.88 Å². The number of nitrogens with zero attached hydrogens (tertiary/aromatic N) is 2. The summed E-state index contributed by atoms with van der Waals surface area (Å²) in [6, 6.07) is 25.9. The van der Waals surface area contributed by atoms with Gasteiger partial charge in [-0.05, 0) is 29.8 Å². The lowest BCUT2D eigenvalue weighted by molar-refractivity contribution is -0.676. The summed E-state index contributed by atoms with van der Waals surface area (Å²) >= 11 is 1.56. The number of benzene rings is 3. The molecule has 1 atom stereocenters. The molecule has 0 aliphatic heterocycles. The van der Waals surface area contributed by atoms with Gasteiger partial charge in [0, 0.05) is 23.1 Å². The fourth-order valence-corrected chi connectivity index (χ4v) is 4.16. The van der Waals surface area contributed by atoms with Crippen LogP contribution in [0.5, 0.6) is 0 Å². The number of rotatable bonds is 7. The molecular formula is C23H20N3O3S+. The molecule has 0 radical (unpaired) electrons. The topological polar surface area (TPSA) is 79.3 Å². The minimum atomic E-state index is -0.816. The van der Waals surface area contributed by atoms with Crippen molar-refractivity contribution in [2.75, 3.05) is 5.32 Å². The van der Waals surface area contributed by atoms with Gasteiger partial charge in [0.15, 0.2) is 0 Å². The Morgan fingerprint density at radius 1 is 0.967 bits per heavy atom. The molecule has 3 aromatic carbocycles. The third-order valence-electron chi connectivity index (χ3n) is 4.76. The quantitative estimate of drug-likeness (QED) is 0.249. The summed E-state index contributed by atoms with van der Waals surface area (Å²) < 4.78 is 2.04. The van der Waals surface area contributed by atoms with E-state index in [2.05, 4.69) is 10.7 Å². The van der Waals surface area contributed by atoms with E-state index in [0.29, 0.717) is 12.1 Å². The Hall–Kier alpha value is -3.55. The van der Waals surface area contributed by atoms with Crippen LogP contribution in [0.2, 0.25) is 0 Å². The molecule has 7 heteroatoms. The first-order valence-corrected chi connectivity index (χ1v) is 10.3. The van der Waals surface area contributed by atoms with E-state index < -0.39 is 11.0 Å². The summed E-state index contributed by atoms with van der Waals surface area (Å²) in [6.07, 6.45) is -0.816. The highest BCUT2D eigenvalue weighted by molar-refractivity contribution is 7.13. The van der Waals surface area contributed by atoms with Crippen LogP contribution in [0.15, 0.2) is 90.3 Å². The van der Waals surface area contributed by atoms with Gasteiger partial charge in [-0.25, -0.2) is 9.88 Å². The molecule has 0 unspecified atom stereocenters. The van der Waals surface area contributed by atoms with Gasteiger partial charge >= 0.3 is 5.13 Å². The second-order valence-corrected chi connectivity index (χ2v) is 7.62. The van der Waals surface area contributed by atoms with E-state index >= 15 is 0 Å². The van der Waals surface area contributed by atoms with Crippen LogP contribution in [-0.2, 0) is 6.54 Å². The number of non-ortho nitro benzene ring substituents is 1. The molecule has 0 aliphatic carbocycles. The number of nitrogens with one attached hydrogen (secondary N) is 1. The Kier molecular flexibility index (Phi) is 5.83. The van der Waals surface area contributed by atoms with Crippen molar-refractivity contribution < 1.29 is 14.6 Å². The molecule has 0 amide bonds. The molecule has 4 rings (SSSR count). The first-order valence-electron chi connectivity index (χ1n) is 9.43. The molecule has 0 bridgehead atoms. The third-order valence-corrected chi connectivity index (χ3v) is 5.64. The van der Waals surface area contributed by atoms with Crippen LogP contribution in [0.25, 0.3) is 11.3 Å². The Bertz CT molecular complexity index is 1130. The summed E-state index contributed by atoms with van der Waals surface area (Å²) in [7, 11) is 0. The molecule has 6 nitrogen and oxygen atoms in total. The lowest BCUT2D eigenvalue weighted by Gasteiger charge is -2.12. The van der Waals surface area contributed by atoms with Gasteiger partial charge in [0.1, 0.15) is 24.0 Å². The van der Waals surface area contributed by atoms with Gasteiger partial charge in [-0.2, -0.15) is 0 Å². The first kappa shape index (κ1) is 19.8. The average Bonchev–Trinajstić information content (AvgIpc) is 3.17. The number of thiazole rings is 1. The van der Waals surface area contributed by atoms with Crippen LogP contribution in [0.1, 0.15) is 11.7 Å². The number of para-hydroxylation sites is 1. The van der Waals surface area contributed by atoms with Crippen molar-refractivity contribution in [1.82, 2.24) is 0 Å². The van der Waals surface area contributed by atoms with Gasteiger partial charge < -0.3 is 5.11 Å². The predicted octanol–water partition coefficient (Wildman–Crippen LogP) is 5.09. The molecule has 0 aliphatic rings. The van der Waals surface area contributed by atoms with Crippen molar-refractivity contribution >= 4 is 27.8 Å². The number of hydrogen-bond donors (Lipinski definition) is 2. The number of aliphatic hydroxyl groups is 1. The molecule has 1 heterocycles. The fourth-order valence-electron chi connectivity index (χ4n) is 3.20. The third kappa shape index (κ3) is 4.37. The van der Waals surface area contributed by atoms with Gasteiger partial charge in [-0.3, -0.25) is 10.1 Å². The highest BCUT2D eigenvalue weighted by atomic mass is 32.1. The second kappa shape index (κ2) is 8.86. The van der Waals surface area contributed by atoms with Crippen LogP contribution in [0, 0.1) is 10.1 Å². The average molecular weight is 418 g/mol.